The van der Waals surface area contributed by atoms with E-state index in [1.54, 1.807) is 23.0 Å². The number of carboxylic acids is 1. The van der Waals surface area contributed by atoms with Crippen LogP contribution < -0.4 is 0 Å². The molecule has 1 saturated heterocycles. The molecule has 1 N–H and O–H groups in total. The van der Waals surface area contributed by atoms with Crippen molar-refractivity contribution in [2.45, 2.75) is 19.5 Å². The highest BCUT2D eigenvalue weighted by Crippen LogP contribution is 2.46. The summed E-state index contributed by atoms with van der Waals surface area (Å²) >= 11 is 0. The van der Waals surface area contributed by atoms with Crippen LogP contribution in [0, 0.1) is 12.3 Å². The first kappa shape index (κ1) is 18.0. The van der Waals surface area contributed by atoms with Gasteiger partial charge in [-0.15, -0.1) is 0 Å². The summed E-state index contributed by atoms with van der Waals surface area (Å²) in [7, 11) is 0. The number of amides is 1. The second kappa shape index (κ2) is 6.15. The summed E-state index contributed by atoms with van der Waals surface area (Å²) in [4.78, 5) is 24.6. The van der Waals surface area contributed by atoms with E-state index in [9.17, 15) is 22.8 Å². The molecule has 0 spiro atoms. The number of carboxylic acid groups (broad SMARTS) is 1. The molecular formula is C17H16F3N3O3. The Bertz CT molecular complexity index is 845. The average molecular weight is 367 g/mol. The van der Waals surface area contributed by atoms with Gasteiger partial charge in [0, 0.05) is 30.5 Å². The molecule has 1 aromatic carbocycles. The van der Waals surface area contributed by atoms with Crippen molar-refractivity contribution < 1.29 is 27.9 Å². The van der Waals surface area contributed by atoms with Crippen LogP contribution in [-0.2, 0) is 4.79 Å². The third kappa shape index (κ3) is 2.83. The molecule has 1 unspecified atom stereocenters. The van der Waals surface area contributed by atoms with Crippen LogP contribution in [0.4, 0.5) is 13.2 Å². The van der Waals surface area contributed by atoms with E-state index >= 15 is 0 Å². The van der Waals surface area contributed by atoms with Gasteiger partial charge in [0.1, 0.15) is 0 Å². The minimum atomic E-state index is -4.92. The van der Waals surface area contributed by atoms with Crippen LogP contribution in [0.3, 0.4) is 0 Å². The lowest BCUT2D eigenvalue weighted by Gasteiger charge is -2.27. The molecular weight excluding hydrogens is 351 g/mol. The van der Waals surface area contributed by atoms with E-state index < -0.39 is 36.4 Å². The molecule has 1 aliphatic rings. The van der Waals surface area contributed by atoms with Gasteiger partial charge in [0.05, 0.1) is 5.69 Å². The van der Waals surface area contributed by atoms with E-state index in [2.05, 4.69) is 5.10 Å². The number of hydrogen-bond donors (Lipinski definition) is 1. The van der Waals surface area contributed by atoms with Gasteiger partial charge in [0.15, 0.2) is 5.41 Å². The zero-order chi connectivity index (χ0) is 19.1. The fourth-order valence-electron chi connectivity index (χ4n) is 3.08. The highest BCUT2D eigenvalue weighted by molar-refractivity contribution is 5.95. The zero-order valence-corrected chi connectivity index (χ0v) is 13.8. The van der Waals surface area contributed by atoms with Crippen LogP contribution >= 0.6 is 0 Å². The van der Waals surface area contributed by atoms with Crippen molar-refractivity contribution in [3.8, 4) is 5.69 Å². The molecule has 0 aliphatic carbocycles. The molecule has 0 radical (unpaired) electrons. The number of aliphatic carboxylic acids is 1. The summed E-state index contributed by atoms with van der Waals surface area (Å²) < 4.78 is 41.3. The number of hydrogen-bond acceptors (Lipinski definition) is 3. The van der Waals surface area contributed by atoms with Crippen molar-refractivity contribution >= 4 is 11.9 Å². The Morgan fingerprint density at radius 3 is 2.31 bits per heavy atom. The predicted octanol–water partition coefficient (Wildman–Crippen LogP) is 2.66. The molecule has 138 valence electrons. The van der Waals surface area contributed by atoms with Gasteiger partial charge in [-0.3, -0.25) is 9.59 Å². The number of aromatic nitrogens is 2. The maximum Gasteiger partial charge on any atom is 0.406 e. The van der Waals surface area contributed by atoms with Crippen LogP contribution in [0.2, 0.25) is 0 Å². The predicted molar refractivity (Wildman–Crippen MR) is 84.9 cm³/mol. The van der Waals surface area contributed by atoms with Gasteiger partial charge in [-0.05, 0) is 43.7 Å². The SMILES string of the molecule is Cc1ccnn1-c1ccc(C(=O)N2CCC(C(=O)O)(C(F)(F)F)C2)cc1. The monoisotopic (exact) mass is 367 g/mol. The molecule has 2 aromatic rings. The number of halogens is 3. The lowest BCUT2D eigenvalue weighted by atomic mass is 9.86. The molecule has 2 heterocycles. The second-order valence-electron chi connectivity index (χ2n) is 6.29. The maximum absolute atomic E-state index is 13.2. The molecule has 0 saturated carbocycles. The molecule has 1 fully saturated rings. The number of nitrogens with zero attached hydrogens (tertiary/aromatic N) is 3. The summed E-state index contributed by atoms with van der Waals surface area (Å²) in [6.45, 7) is 0.717. The largest absolute Gasteiger partial charge is 0.481 e. The average Bonchev–Trinajstić information content (AvgIpc) is 3.21. The van der Waals surface area contributed by atoms with Gasteiger partial charge in [0.2, 0.25) is 0 Å². The Balaban J connectivity index is 1.80. The Labute approximate surface area is 146 Å². The third-order valence-corrected chi connectivity index (χ3v) is 4.70. The molecule has 1 aliphatic heterocycles. The highest BCUT2D eigenvalue weighted by atomic mass is 19.4. The molecule has 1 amide bonds. The molecule has 3 rings (SSSR count). The van der Waals surface area contributed by atoms with Gasteiger partial charge in [-0.25, -0.2) is 4.68 Å². The number of likely N-dealkylation sites (tertiary alicyclic amines) is 1. The molecule has 9 heteroatoms. The summed E-state index contributed by atoms with van der Waals surface area (Å²) in [5.74, 6) is -2.58. The first-order chi connectivity index (χ1) is 12.2. The van der Waals surface area contributed by atoms with Crippen molar-refractivity contribution in [1.82, 2.24) is 14.7 Å². The Hall–Kier alpha value is -2.84. The van der Waals surface area contributed by atoms with Crippen LogP contribution in [0.15, 0.2) is 36.5 Å². The van der Waals surface area contributed by atoms with Crippen molar-refractivity contribution in [3.63, 3.8) is 0 Å². The molecule has 1 aromatic heterocycles. The summed E-state index contributed by atoms with van der Waals surface area (Å²) in [5, 5.41) is 13.2. The van der Waals surface area contributed by atoms with Crippen molar-refractivity contribution in [2.75, 3.05) is 13.1 Å². The van der Waals surface area contributed by atoms with Crippen LogP contribution in [0.1, 0.15) is 22.5 Å². The zero-order valence-electron chi connectivity index (χ0n) is 13.8. The topological polar surface area (TPSA) is 75.4 Å². The van der Waals surface area contributed by atoms with Crippen LogP contribution in [0.5, 0.6) is 0 Å². The standard InChI is InChI=1S/C17H16F3N3O3/c1-11-6-8-21-23(11)13-4-2-12(3-5-13)14(24)22-9-7-16(10-22,15(25)26)17(18,19)20/h2-6,8H,7,9-10H2,1H3,(H,25,26). The molecule has 1 atom stereocenters. The van der Waals surface area contributed by atoms with Crippen LogP contribution in [-0.4, -0.2) is 50.9 Å². The Morgan fingerprint density at radius 2 is 1.85 bits per heavy atom. The van der Waals surface area contributed by atoms with Gasteiger partial charge in [-0.2, -0.15) is 18.3 Å². The van der Waals surface area contributed by atoms with Gasteiger partial charge in [-0.1, -0.05) is 0 Å². The minimum Gasteiger partial charge on any atom is -0.481 e. The van der Waals surface area contributed by atoms with E-state index in [1.807, 2.05) is 13.0 Å². The number of alkyl halides is 3. The second-order valence-corrected chi connectivity index (χ2v) is 6.29. The number of benzene rings is 1. The van der Waals surface area contributed by atoms with Crippen molar-refractivity contribution in [3.05, 3.63) is 47.8 Å². The lowest BCUT2D eigenvalue weighted by Crippen LogP contribution is -2.47. The van der Waals surface area contributed by atoms with Gasteiger partial charge < -0.3 is 10.0 Å². The smallest absolute Gasteiger partial charge is 0.406 e. The number of carbonyl (C=O) groups is 2. The summed E-state index contributed by atoms with van der Waals surface area (Å²) in [5.41, 5.74) is -1.11. The normalized spacial score (nSPS) is 20.4. The fraction of sp³-hybridized carbons (Fsp3) is 0.353. The lowest BCUT2D eigenvalue weighted by molar-refractivity contribution is -0.227. The summed E-state index contributed by atoms with van der Waals surface area (Å²) in [6.07, 6.45) is -3.95. The highest BCUT2D eigenvalue weighted by Gasteiger charge is 2.64. The van der Waals surface area contributed by atoms with Crippen molar-refractivity contribution in [2.24, 2.45) is 5.41 Å². The first-order valence-electron chi connectivity index (χ1n) is 7.86. The van der Waals surface area contributed by atoms with Gasteiger partial charge >= 0.3 is 12.1 Å². The van der Waals surface area contributed by atoms with E-state index in [0.717, 1.165) is 10.6 Å². The van der Waals surface area contributed by atoms with E-state index in [0.29, 0.717) is 5.69 Å². The molecule has 26 heavy (non-hydrogen) atoms. The fourth-order valence-corrected chi connectivity index (χ4v) is 3.08. The first-order valence-corrected chi connectivity index (χ1v) is 7.86. The molecule has 0 bridgehead atoms. The number of rotatable bonds is 3. The quantitative estimate of drug-likeness (QED) is 0.905. The Morgan fingerprint density at radius 1 is 1.19 bits per heavy atom. The number of carbonyl (C=O) groups excluding carboxylic acids is 1. The van der Waals surface area contributed by atoms with E-state index in [-0.39, 0.29) is 12.1 Å². The minimum absolute atomic E-state index is 0.196. The molecule has 6 nitrogen and oxygen atoms in total. The van der Waals surface area contributed by atoms with Crippen LogP contribution in [0.25, 0.3) is 5.69 Å². The summed E-state index contributed by atoms with van der Waals surface area (Å²) in [6, 6.07) is 8.07. The maximum atomic E-state index is 13.2. The third-order valence-electron chi connectivity index (χ3n) is 4.70. The van der Waals surface area contributed by atoms with E-state index in [4.69, 9.17) is 5.11 Å². The van der Waals surface area contributed by atoms with Gasteiger partial charge in [0.25, 0.3) is 5.91 Å². The Kier molecular flexibility index (Phi) is 4.25. The van der Waals surface area contributed by atoms with Crippen molar-refractivity contribution in [1.29, 1.82) is 0 Å². The number of aryl methyl sites for hydroxylation is 1. The van der Waals surface area contributed by atoms with E-state index in [1.165, 1.54) is 12.1 Å².